The summed E-state index contributed by atoms with van der Waals surface area (Å²) in [5.41, 5.74) is 4.07. The number of ether oxygens (including phenoxy) is 1. The highest BCUT2D eigenvalue weighted by Crippen LogP contribution is 2.36. The molecule has 0 aliphatic heterocycles. The first-order valence-corrected chi connectivity index (χ1v) is 12.6. The topological polar surface area (TPSA) is 67.4 Å². The van der Waals surface area contributed by atoms with Crippen LogP contribution in [-0.2, 0) is 22.9 Å². The molecule has 2 aliphatic carbocycles. The molecule has 1 fully saturated rings. The molecule has 0 saturated heterocycles. The van der Waals surface area contributed by atoms with Crippen molar-refractivity contribution in [3.05, 3.63) is 65.2 Å². The summed E-state index contributed by atoms with van der Waals surface area (Å²) in [6.45, 7) is 0.639. The molecule has 4 rings (SSSR count). The highest BCUT2D eigenvalue weighted by molar-refractivity contribution is 7.89. The van der Waals surface area contributed by atoms with Gasteiger partial charge in [-0.15, -0.1) is 12.4 Å². The van der Waals surface area contributed by atoms with E-state index in [4.69, 9.17) is 4.74 Å². The Morgan fingerprint density at radius 2 is 1.81 bits per heavy atom. The van der Waals surface area contributed by atoms with Crippen molar-refractivity contribution in [1.82, 2.24) is 10.0 Å². The lowest BCUT2D eigenvalue weighted by Crippen LogP contribution is -2.37. The van der Waals surface area contributed by atoms with Crippen LogP contribution in [0, 0.1) is 5.92 Å². The first kappa shape index (κ1) is 26.7. The lowest BCUT2D eigenvalue weighted by Gasteiger charge is -2.34. The van der Waals surface area contributed by atoms with E-state index < -0.39 is 10.0 Å². The average Bonchev–Trinajstić information content (AvgIpc) is 3.55. The number of benzene rings is 2. The van der Waals surface area contributed by atoms with Crippen LogP contribution in [-0.4, -0.2) is 40.4 Å². The molecule has 178 valence electrons. The van der Waals surface area contributed by atoms with Crippen molar-refractivity contribution in [1.29, 1.82) is 0 Å². The summed E-state index contributed by atoms with van der Waals surface area (Å²) in [7, 11) is -1.14. The molecule has 2 aromatic carbocycles. The molecule has 0 bridgehead atoms. The van der Waals surface area contributed by atoms with Crippen LogP contribution in [0.4, 0.5) is 0 Å². The molecule has 0 spiro atoms. The highest BCUT2D eigenvalue weighted by atomic mass is 35.5. The predicted octanol–water partition coefficient (Wildman–Crippen LogP) is 4.31. The van der Waals surface area contributed by atoms with Crippen LogP contribution in [0.1, 0.15) is 49.3 Å². The third-order valence-corrected chi connectivity index (χ3v) is 7.80. The van der Waals surface area contributed by atoms with Crippen molar-refractivity contribution >= 4 is 22.4 Å². The molecule has 2 unspecified atom stereocenters. The Balaban J connectivity index is 0.00000181. The van der Waals surface area contributed by atoms with E-state index in [-0.39, 0.29) is 25.6 Å². The van der Waals surface area contributed by atoms with Crippen molar-refractivity contribution in [3.63, 3.8) is 0 Å². The van der Waals surface area contributed by atoms with Crippen LogP contribution >= 0.6 is 12.4 Å². The summed E-state index contributed by atoms with van der Waals surface area (Å²) in [5, 5.41) is 3.51. The fourth-order valence-corrected chi connectivity index (χ4v) is 5.92. The van der Waals surface area contributed by atoms with E-state index in [9.17, 15) is 8.42 Å². The largest absolute Gasteiger partial charge is 0.492 e. The van der Waals surface area contributed by atoms with Crippen LogP contribution in [0.5, 0.6) is 5.75 Å². The molecule has 1 saturated carbocycles. The Morgan fingerprint density at radius 3 is 2.50 bits per heavy atom. The van der Waals surface area contributed by atoms with Crippen molar-refractivity contribution in [3.8, 4) is 5.75 Å². The molecular formula is C25H37ClN2O3S. The Kier molecular flexibility index (Phi) is 10.0. The molecule has 2 atom stereocenters. The highest BCUT2D eigenvalue weighted by Gasteiger charge is 2.29. The maximum atomic E-state index is 12.0. The standard InChI is InChI=1S/C24H32N2O3S.CH4.ClH/c1-25-24-12-10-20-9-11-21(29-14-13-26-30(27,28)17-19-7-8-19)16-22(20)23(24)15-18-5-3-2-4-6-18;;/h2-6,9,11,16,19,23-26H,7-8,10,12-15,17H2,1H3;1H4;1H. The van der Waals surface area contributed by atoms with E-state index in [1.165, 1.54) is 16.7 Å². The summed E-state index contributed by atoms with van der Waals surface area (Å²) >= 11 is 0. The van der Waals surface area contributed by atoms with Gasteiger partial charge >= 0.3 is 0 Å². The molecule has 0 amide bonds. The quantitative estimate of drug-likeness (QED) is 0.497. The number of fused-ring (bicyclic) bond motifs is 1. The molecule has 5 nitrogen and oxygen atoms in total. The summed E-state index contributed by atoms with van der Waals surface area (Å²) in [5.74, 6) is 1.80. The Hall–Kier alpha value is -1.60. The third kappa shape index (κ3) is 7.20. The zero-order chi connectivity index (χ0) is 21.0. The maximum absolute atomic E-state index is 12.0. The molecule has 0 heterocycles. The van der Waals surface area contributed by atoms with E-state index in [1.54, 1.807) is 0 Å². The molecule has 32 heavy (non-hydrogen) atoms. The number of hydrogen-bond acceptors (Lipinski definition) is 4. The summed E-state index contributed by atoms with van der Waals surface area (Å²) in [6, 6.07) is 17.4. The first-order chi connectivity index (χ1) is 14.5. The number of likely N-dealkylation sites (N-methyl/N-ethyl adjacent to an activating group) is 1. The Bertz CT molecular complexity index is 949. The number of nitrogens with one attached hydrogen (secondary N) is 2. The van der Waals surface area contributed by atoms with Gasteiger partial charge in [-0.3, -0.25) is 0 Å². The molecular weight excluding hydrogens is 444 g/mol. The van der Waals surface area contributed by atoms with E-state index in [0.29, 0.717) is 31.0 Å². The minimum Gasteiger partial charge on any atom is -0.492 e. The zero-order valence-corrected chi connectivity index (χ0v) is 19.7. The molecule has 7 heteroatoms. The van der Waals surface area contributed by atoms with Gasteiger partial charge in [-0.1, -0.05) is 43.8 Å². The lowest BCUT2D eigenvalue weighted by molar-refractivity contribution is 0.320. The minimum atomic E-state index is -3.18. The Morgan fingerprint density at radius 1 is 1.06 bits per heavy atom. The van der Waals surface area contributed by atoms with E-state index >= 15 is 0 Å². The van der Waals surface area contributed by atoms with Gasteiger partial charge < -0.3 is 10.1 Å². The first-order valence-electron chi connectivity index (χ1n) is 11.0. The maximum Gasteiger partial charge on any atom is 0.211 e. The summed E-state index contributed by atoms with van der Waals surface area (Å²) < 4.78 is 32.6. The van der Waals surface area contributed by atoms with E-state index in [0.717, 1.165) is 37.9 Å². The average molecular weight is 481 g/mol. The van der Waals surface area contributed by atoms with Gasteiger partial charge in [0, 0.05) is 18.5 Å². The van der Waals surface area contributed by atoms with Crippen LogP contribution in [0.25, 0.3) is 0 Å². The molecule has 2 N–H and O–H groups in total. The van der Waals surface area contributed by atoms with Crippen LogP contribution < -0.4 is 14.8 Å². The number of aryl methyl sites for hydroxylation is 1. The van der Waals surface area contributed by atoms with Gasteiger partial charge in [0.25, 0.3) is 0 Å². The number of rotatable bonds is 10. The molecule has 2 aromatic rings. The zero-order valence-electron chi connectivity index (χ0n) is 18.0. The number of hydrogen-bond donors (Lipinski definition) is 2. The third-order valence-electron chi connectivity index (χ3n) is 6.24. The van der Waals surface area contributed by atoms with E-state index in [1.807, 2.05) is 13.1 Å². The molecule has 0 aromatic heterocycles. The Labute approximate surface area is 199 Å². The van der Waals surface area contributed by atoms with E-state index in [2.05, 4.69) is 52.5 Å². The second-order valence-electron chi connectivity index (χ2n) is 8.56. The lowest BCUT2D eigenvalue weighted by atomic mass is 9.76. The van der Waals surface area contributed by atoms with Crippen molar-refractivity contribution in [2.75, 3.05) is 26.0 Å². The summed E-state index contributed by atoms with van der Waals surface area (Å²) in [4.78, 5) is 0. The monoisotopic (exact) mass is 480 g/mol. The van der Waals surface area contributed by atoms with Gasteiger partial charge in [0.05, 0.1) is 5.75 Å². The molecule has 2 aliphatic rings. The second kappa shape index (κ2) is 12.0. The molecule has 0 radical (unpaired) electrons. The fourth-order valence-electron chi connectivity index (χ4n) is 4.45. The predicted molar refractivity (Wildman–Crippen MR) is 134 cm³/mol. The van der Waals surface area contributed by atoms with Crippen molar-refractivity contribution < 1.29 is 13.2 Å². The number of halogens is 1. The van der Waals surface area contributed by atoms with Crippen LogP contribution in [0.3, 0.4) is 0 Å². The van der Waals surface area contributed by atoms with Gasteiger partial charge in [-0.2, -0.15) is 0 Å². The van der Waals surface area contributed by atoms with Gasteiger partial charge in [0.15, 0.2) is 0 Å². The van der Waals surface area contributed by atoms with Crippen LogP contribution in [0.15, 0.2) is 48.5 Å². The van der Waals surface area contributed by atoms with Crippen LogP contribution in [0.2, 0.25) is 0 Å². The van der Waals surface area contributed by atoms with Gasteiger partial charge in [0.2, 0.25) is 10.0 Å². The smallest absolute Gasteiger partial charge is 0.211 e. The van der Waals surface area contributed by atoms with Gasteiger partial charge in [-0.25, -0.2) is 13.1 Å². The minimum absolute atomic E-state index is 0. The number of sulfonamides is 1. The van der Waals surface area contributed by atoms with Gasteiger partial charge in [0.1, 0.15) is 12.4 Å². The van der Waals surface area contributed by atoms with Crippen molar-refractivity contribution in [2.45, 2.75) is 51.5 Å². The van der Waals surface area contributed by atoms with Gasteiger partial charge in [-0.05, 0) is 73.9 Å². The van der Waals surface area contributed by atoms with Crippen molar-refractivity contribution in [2.24, 2.45) is 5.92 Å². The summed E-state index contributed by atoms with van der Waals surface area (Å²) in [6.07, 6.45) is 5.25. The normalized spacial score (nSPS) is 19.9. The fraction of sp³-hybridized carbons (Fsp3) is 0.520. The second-order valence-corrected chi connectivity index (χ2v) is 10.4. The SMILES string of the molecule is C.CNC1CCc2ccc(OCCNS(=O)(=O)CC3CC3)cc2C1Cc1ccccc1.Cl.